The molecule has 0 radical (unpaired) electrons. The topological polar surface area (TPSA) is 84.7 Å². The van der Waals surface area contributed by atoms with Gasteiger partial charge in [0, 0.05) is 25.2 Å². The highest BCUT2D eigenvalue weighted by Gasteiger charge is 2.24. The van der Waals surface area contributed by atoms with Crippen LogP contribution in [-0.4, -0.2) is 29.9 Å². The van der Waals surface area contributed by atoms with Gasteiger partial charge in [0.05, 0.1) is 0 Å². The number of amides is 1. The predicted octanol–water partition coefficient (Wildman–Crippen LogP) is 2.85. The molecule has 0 aromatic rings. The van der Waals surface area contributed by atoms with Crippen molar-refractivity contribution in [1.82, 2.24) is 4.90 Å². The van der Waals surface area contributed by atoms with Crippen molar-refractivity contribution in [2.75, 3.05) is 13.1 Å². The summed E-state index contributed by atoms with van der Waals surface area (Å²) in [5.41, 5.74) is 11.7. The molecule has 128 valence electrons. The zero-order valence-electron chi connectivity index (χ0n) is 14.2. The van der Waals surface area contributed by atoms with Crippen LogP contribution in [0.5, 0.6) is 0 Å². The summed E-state index contributed by atoms with van der Waals surface area (Å²) in [5, 5.41) is 0. The maximum absolute atomic E-state index is 12.0. The van der Waals surface area contributed by atoms with Crippen molar-refractivity contribution in [3.05, 3.63) is 36.1 Å². The number of carbonyl (C=O) groups is 1. The molecule has 5 nitrogen and oxygen atoms in total. The first-order chi connectivity index (χ1) is 11.1. The molecule has 0 saturated carbocycles. The van der Waals surface area contributed by atoms with E-state index in [2.05, 4.69) is 42.3 Å². The third-order valence-electron chi connectivity index (χ3n) is 3.68. The minimum absolute atomic E-state index is 0.144. The molecule has 1 fully saturated rings. The SMILES string of the molecule is CCC=CCC=CC=C1CCC(=O)N1CCCCCN=C(N)N. The monoisotopic (exact) mass is 318 g/mol. The third kappa shape index (κ3) is 8.24. The van der Waals surface area contributed by atoms with Crippen LogP contribution in [0.3, 0.4) is 0 Å². The fourth-order valence-corrected chi connectivity index (χ4v) is 2.47. The summed E-state index contributed by atoms with van der Waals surface area (Å²) >= 11 is 0. The number of guanidine groups is 1. The van der Waals surface area contributed by atoms with Crippen LogP contribution in [0.1, 0.15) is 51.9 Å². The van der Waals surface area contributed by atoms with Gasteiger partial charge in [0.2, 0.25) is 5.91 Å². The standard InChI is InChI=1S/C18H30N4O/c1-2-3-4-5-6-8-11-16-12-13-17(23)22(16)15-10-7-9-14-21-18(19)20/h3-4,6,8,11H,2,5,7,9-10,12-15H2,1H3,(H4,19,20,21). The van der Waals surface area contributed by atoms with Crippen molar-refractivity contribution in [3.63, 3.8) is 0 Å². The quantitative estimate of drug-likeness (QED) is 0.281. The van der Waals surface area contributed by atoms with E-state index in [9.17, 15) is 4.79 Å². The highest BCUT2D eigenvalue weighted by Crippen LogP contribution is 2.23. The van der Waals surface area contributed by atoms with E-state index in [0.29, 0.717) is 13.0 Å². The van der Waals surface area contributed by atoms with Crippen molar-refractivity contribution in [2.45, 2.75) is 51.9 Å². The summed E-state index contributed by atoms with van der Waals surface area (Å²) in [6.07, 6.45) is 17.0. The van der Waals surface area contributed by atoms with E-state index in [0.717, 1.165) is 50.8 Å². The first kappa shape index (κ1) is 19.0. The largest absolute Gasteiger partial charge is 0.370 e. The predicted molar refractivity (Wildman–Crippen MR) is 96.7 cm³/mol. The van der Waals surface area contributed by atoms with Crippen molar-refractivity contribution in [3.8, 4) is 0 Å². The van der Waals surface area contributed by atoms with Gasteiger partial charge in [-0.3, -0.25) is 9.79 Å². The number of hydrogen-bond donors (Lipinski definition) is 2. The Balaban J connectivity index is 2.34. The molecule has 0 aliphatic carbocycles. The van der Waals surface area contributed by atoms with Crippen molar-refractivity contribution < 1.29 is 4.79 Å². The number of nitrogens with zero attached hydrogens (tertiary/aromatic N) is 2. The molecule has 1 aliphatic heterocycles. The molecule has 1 aliphatic rings. The zero-order chi connectivity index (χ0) is 16.9. The van der Waals surface area contributed by atoms with Crippen molar-refractivity contribution in [2.24, 2.45) is 16.5 Å². The smallest absolute Gasteiger partial charge is 0.227 e. The third-order valence-corrected chi connectivity index (χ3v) is 3.68. The Kier molecular flexibility index (Phi) is 9.52. The Morgan fingerprint density at radius 3 is 2.74 bits per heavy atom. The fraction of sp³-hybridized carbons (Fsp3) is 0.556. The molecule has 5 heteroatoms. The summed E-state index contributed by atoms with van der Waals surface area (Å²) < 4.78 is 0. The number of hydrogen-bond acceptors (Lipinski definition) is 2. The second kappa shape index (κ2) is 11.5. The molecule has 1 saturated heterocycles. The van der Waals surface area contributed by atoms with Crippen LogP contribution in [0, 0.1) is 0 Å². The van der Waals surface area contributed by atoms with E-state index in [1.165, 1.54) is 0 Å². The van der Waals surface area contributed by atoms with Gasteiger partial charge in [-0.15, -0.1) is 0 Å². The molecule has 0 aromatic heterocycles. The van der Waals surface area contributed by atoms with Crippen LogP contribution < -0.4 is 11.5 Å². The maximum atomic E-state index is 12.0. The summed E-state index contributed by atoms with van der Waals surface area (Å²) in [6, 6.07) is 0. The molecule has 0 atom stereocenters. The van der Waals surface area contributed by atoms with E-state index < -0.39 is 0 Å². The van der Waals surface area contributed by atoms with Gasteiger partial charge in [0.1, 0.15) is 0 Å². The van der Waals surface area contributed by atoms with E-state index in [1.54, 1.807) is 0 Å². The molecule has 0 unspecified atom stereocenters. The maximum Gasteiger partial charge on any atom is 0.227 e. The number of allylic oxidation sites excluding steroid dienone is 6. The lowest BCUT2D eigenvalue weighted by atomic mass is 10.2. The summed E-state index contributed by atoms with van der Waals surface area (Å²) in [7, 11) is 0. The van der Waals surface area contributed by atoms with Gasteiger partial charge in [0.15, 0.2) is 5.96 Å². The molecule has 0 aromatic carbocycles. The van der Waals surface area contributed by atoms with Gasteiger partial charge < -0.3 is 16.4 Å². The first-order valence-electron chi connectivity index (χ1n) is 8.51. The van der Waals surface area contributed by atoms with Crippen LogP contribution in [0.25, 0.3) is 0 Å². The van der Waals surface area contributed by atoms with Gasteiger partial charge in [-0.1, -0.05) is 31.2 Å². The molecular formula is C18H30N4O. The van der Waals surface area contributed by atoms with Gasteiger partial charge in [-0.05, 0) is 44.6 Å². The molecule has 0 bridgehead atoms. The number of aliphatic imine (C=N–C) groups is 1. The van der Waals surface area contributed by atoms with Gasteiger partial charge in [-0.25, -0.2) is 0 Å². The zero-order valence-corrected chi connectivity index (χ0v) is 14.2. The number of carbonyl (C=O) groups excluding carboxylic acids is 1. The lowest BCUT2D eigenvalue weighted by molar-refractivity contribution is -0.126. The highest BCUT2D eigenvalue weighted by molar-refractivity contribution is 5.81. The molecule has 4 N–H and O–H groups in total. The highest BCUT2D eigenvalue weighted by atomic mass is 16.2. The van der Waals surface area contributed by atoms with Crippen LogP contribution in [0.15, 0.2) is 41.1 Å². The second-order valence-electron chi connectivity index (χ2n) is 5.61. The van der Waals surface area contributed by atoms with Crippen molar-refractivity contribution >= 4 is 11.9 Å². The minimum Gasteiger partial charge on any atom is -0.370 e. The lowest BCUT2D eigenvalue weighted by Gasteiger charge is -2.17. The average Bonchev–Trinajstić information content (AvgIpc) is 2.86. The van der Waals surface area contributed by atoms with E-state index in [1.807, 2.05) is 4.90 Å². The summed E-state index contributed by atoms with van der Waals surface area (Å²) in [5.74, 6) is 0.380. The molecule has 1 rings (SSSR count). The van der Waals surface area contributed by atoms with Crippen molar-refractivity contribution in [1.29, 1.82) is 0 Å². The Morgan fingerprint density at radius 2 is 2.00 bits per heavy atom. The van der Waals surface area contributed by atoms with Crippen LogP contribution in [-0.2, 0) is 4.79 Å². The minimum atomic E-state index is 0.144. The summed E-state index contributed by atoms with van der Waals surface area (Å²) in [6.45, 7) is 3.57. The number of nitrogens with two attached hydrogens (primary N) is 2. The second-order valence-corrected chi connectivity index (χ2v) is 5.61. The lowest BCUT2D eigenvalue weighted by Crippen LogP contribution is -2.24. The first-order valence-corrected chi connectivity index (χ1v) is 8.51. The Labute approximate surface area is 139 Å². The van der Waals surface area contributed by atoms with Crippen LogP contribution >= 0.6 is 0 Å². The molecule has 23 heavy (non-hydrogen) atoms. The Hall–Kier alpha value is -2.04. The van der Waals surface area contributed by atoms with E-state index in [4.69, 9.17) is 11.5 Å². The Bertz CT molecular complexity index is 473. The molecule has 0 spiro atoms. The van der Waals surface area contributed by atoms with E-state index >= 15 is 0 Å². The number of likely N-dealkylation sites (tertiary alicyclic amines) is 1. The normalized spacial score (nSPS) is 17.0. The van der Waals surface area contributed by atoms with Gasteiger partial charge in [0.25, 0.3) is 0 Å². The fourth-order valence-electron chi connectivity index (χ4n) is 2.47. The van der Waals surface area contributed by atoms with E-state index in [-0.39, 0.29) is 11.9 Å². The average molecular weight is 318 g/mol. The molecule has 1 amide bonds. The molecule has 1 heterocycles. The number of rotatable bonds is 10. The number of unbranched alkanes of at least 4 members (excludes halogenated alkanes) is 2. The van der Waals surface area contributed by atoms with Gasteiger partial charge in [-0.2, -0.15) is 0 Å². The van der Waals surface area contributed by atoms with Crippen LogP contribution in [0.4, 0.5) is 0 Å². The summed E-state index contributed by atoms with van der Waals surface area (Å²) in [4.78, 5) is 17.8. The Morgan fingerprint density at radius 1 is 1.17 bits per heavy atom. The molecular weight excluding hydrogens is 288 g/mol. The van der Waals surface area contributed by atoms with Crippen LogP contribution in [0.2, 0.25) is 0 Å². The van der Waals surface area contributed by atoms with Gasteiger partial charge >= 0.3 is 0 Å².